The second-order valence-electron chi connectivity index (χ2n) is 4.50. The third-order valence-corrected chi connectivity index (χ3v) is 3.61. The van der Waals surface area contributed by atoms with Crippen molar-refractivity contribution in [3.05, 3.63) is 34.1 Å². The van der Waals surface area contributed by atoms with Crippen molar-refractivity contribution in [1.82, 2.24) is 5.32 Å². The van der Waals surface area contributed by atoms with Crippen molar-refractivity contribution >= 4 is 15.9 Å². The first-order valence-electron chi connectivity index (χ1n) is 5.48. The van der Waals surface area contributed by atoms with Crippen molar-refractivity contribution in [2.75, 3.05) is 26.4 Å². The monoisotopic (exact) mass is 303 g/mol. The zero-order chi connectivity index (χ0) is 12.3. The van der Waals surface area contributed by atoms with E-state index in [9.17, 15) is 9.50 Å². The lowest BCUT2D eigenvalue weighted by Crippen LogP contribution is -2.52. The summed E-state index contributed by atoms with van der Waals surface area (Å²) in [7, 11) is 0. The number of hydrogen-bond donors (Lipinski definition) is 2. The van der Waals surface area contributed by atoms with Crippen molar-refractivity contribution < 1.29 is 14.2 Å². The van der Waals surface area contributed by atoms with E-state index >= 15 is 0 Å². The maximum atomic E-state index is 13.2. The predicted octanol–water partition coefficient (Wildman–Crippen LogP) is 1.69. The zero-order valence-corrected chi connectivity index (χ0v) is 11.0. The van der Waals surface area contributed by atoms with Crippen LogP contribution in [0.3, 0.4) is 0 Å². The lowest BCUT2D eigenvalue weighted by molar-refractivity contribution is -0.134. The average Bonchev–Trinajstić information content (AvgIpc) is 2.27. The Balaban J connectivity index is 1.83. The molecule has 1 saturated heterocycles. The molecule has 3 nitrogen and oxygen atoms in total. The zero-order valence-electron chi connectivity index (χ0n) is 9.38. The van der Waals surface area contributed by atoms with E-state index in [2.05, 4.69) is 21.2 Å². The van der Waals surface area contributed by atoms with Gasteiger partial charge >= 0.3 is 0 Å². The number of halogens is 2. The standard InChI is InChI=1S/C12H15BrFNO2/c13-10-2-1-9(3-11(10)14)4-15-5-12(6-16)7-17-8-12/h1-3,15-16H,4-8H2. The van der Waals surface area contributed by atoms with Gasteiger partial charge in [0.25, 0.3) is 0 Å². The van der Waals surface area contributed by atoms with Crippen molar-refractivity contribution in [2.24, 2.45) is 5.41 Å². The maximum Gasteiger partial charge on any atom is 0.137 e. The van der Waals surface area contributed by atoms with Crippen LogP contribution in [-0.4, -0.2) is 31.5 Å². The van der Waals surface area contributed by atoms with Crippen LogP contribution in [0.4, 0.5) is 4.39 Å². The minimum absolute atomic E-state index is 0.120. The van der Waals surface area contributed by atoms with Gasteiger partial charge in [-0.05, 0) is 33.6 Å². The summed E-state index contributed by atoms with van der Waals surface area (Å²) in [6.45, 7) is 2.57. The Hall–Kier alpha value is -0.490. The van der Waals surface area contributed by atoms with Crippen LogP contribution in [0.15, 0.2) is 22.7 Å². The summed E-state index contributed by atoms with van der Waals surface area (Å²) in [5.74, 6) is -0.256. The van der Waals surface area contributed by atoms with E-state index in [-0.39, 0.29) is 17.8 Å². The van der Waals surface area contributed by atoms with E-state index in [1.807, 2.05) is 6.07 Å². The Bertz CT molecular complexity index is 391. The summed E-state index contributed by atoms with van der Waals surface area (Å²) in [6.07, 6.45) is 0. The first kappa shape index (κ1) is 13.0. The normalized spacial score (nSPS) is 17.8. The number of hydrogen-bond acceptors (Lipinski definition) is 3. The van der Waals surface area contributed by atoms with Gasteiger partial charge < -0.3 is 15.2 Å². The van der Waals surface area contributed by atoms with Gasteiger partial charge in [-0.1, -0.05) is 6.07 Å². The van der Waals surface area contributed by atoms with Crippen molar-refractivity contribution in [2.45, 2.75) is 6.54 Å². The van der Waals surface area contributed by atoms with Gasteiger partial charge in [0.1, 0.15) is 5.82 Å². The van der Waals surface area contributed by atoms with Gasteiger partial charge in [0.2, 0.25) is 0 Å². The Kier molecular flexibility index (Phi) is 4.14. The molecule has 1 aromatic rings. The van der Waals surface area contributed by atoms with Crippen LogP contribution in [0, 0.1) is 11.2 Å². The SMILES string of the molecule is OCC1(CNCc2ccc(Br)c(F)c2)COC1. The van der Waals surface area contributed by atoms with Gasteiger partial charge in [0.05, 0.1) is 29.7 Å². The molecule has 1 aromatic carbocycles. The molecule has 0 unspecified atom stereocenters. The Labute approximate surface area is 108 Å². The molecule has 5 heteroatoms. The fourth-order valence-electron chi connectivity index (χ4n) is 1.76. The van der Waals surface area contributed by atoms with Crippen molar-refractivity contribution in [1.29, 1.82) is 0 Å². The molecule has 1 aliphatic rings. The third kappa shape index (κ3) is 3.04. The lowest BCUT2D eigenvalue weighted by atomic mass is 9.87. The van der Waals surface area contributed by atoms with Crippen LogP contribution in [-0.2, 0) is 11.3 Å². The summed E-state index contributed by atoms with van der Waals surface area (Å²) in [4.78, 5) is 0. The molecule has 17 heavy (non-hydrogen) atoms. The van der Waals surface area contributed by atoms with Crippen LogP contribution in [0.1, 0.15) is 5.56 Å². The molecule has 0 saturated carbocycles. The van der Waals surface area contributed by atoms with Crippen LogP contribution in [0.2, 0.25) is 0 Å². The third-order valence-electron chi connectivity index (χ3n) is 2.97. The van der Waals surface area contributed by atoms with Crippen molar-refractivity contribution in [3.63, 3.8) is 0 Å². The molecule has 0 aromatic heterocycles. The number of aliphatic hydroxyl groups excluding tert-OH is 1. The molecule has 0 radical (unpaired) electrons. The smallest absolute Gasteiger partial charge is 0.137 e. The van der Waals surface area contributed by atoms with E-state index in [0.717, 1.165) is 5.56 Å². The minimum atomic E-state index is -0.256. The number of ether oxygens (including phenoxy) is 1. The number of benzene rings is 1. The Morgan fingerprint density at radius 3 is 2.76 bits per heavy atom. The highest BCUT2D eigenvalue weighted by molar-refractivity contribution is 9.10. The van der Waals surface area contributed by atoms with E-state index in [1.54, 1.807) is 6.07 Å². The molecule has 1 heterocycles. The summed E-state index contributed by atoms with van der Waals surface area (Å²) < 4.78 is 18.8. The van der Waals surface area contributed by atoms with Gasteiger partial charge in [-0.2, -0.15) is 0 Å². The molecular weight excluding hydrogens is 289 g/mol. The van der Waals surface area contributed by atoms with E-state index in [0.29, 0.717) is 30.8 Å². The number of rotatable bonds is 5. The molecule has 0 spiro atoms. The average molecular weight is 304 g/mol. The van der Waals surface area contributed by atoms with Gasteiger partial charge in [-0.3, -0.25) is 0 Å². The van der Waals surface area contributed by atoms with Gasteiger partial charge in [-0.25, -0.2) is 4.39 Å². The minimum Gasteiger partial charge on any atom is -0.396 e. The molecule has 1 aliphatic heterocycles. The Morgan fingerprint density at radius 2 is 2.24 bits per heavy atom. The molecule has 94 valence electrons. The molecule has 1 fully saturated rings. The van der Waals surface area contributed by atoms with Crippen LogP contribution >= 0.6 is 15.9 Å². The van der Waals surface area contributed by atoms with Crippen LogP contribution in [0.5, 0.6) is 0 Å². The van der Waals surface area contributed by atoms with Gasteiger partial charge in [0.15, 0.2) is 0 Å². The number of nitrogens with one attached hydrogen (secondary N) is 1. The topological polar surface area (TPSA) is 41.5 Å². The maximum absolute atomic E-state index is 13.2. The van der Waals surface area contributed by atoms with Crippen LogP contribution < -0.4 is 5.32 Å². The molecule has 0 bridgehead atoms. The molecule has 0 amide bonds. The molecule has 2 rings (SSSR count). The van der Waals surface area contributed by atoms with Crippen LogP contribution in [0.25, 0.3) is 0 Å². The second kappa shape index (κ2) is 5.44. The highest BCUT2D eigenvalue weighted by Gasteiger charge is 2.37. The summed E-state index contributed by atoms with van der Waals surface area (Å²) >= 11 is 3.12. The van der Waals surface area contributed by atoms with E-state index < -0.39 is 0 Å². The Morgan fingerprint density at radius 1 is 1.47 bits per heavy atom. The molecular formula is C12H15BrFNO2. The van der Waals surface area contributed by atoms with Crippen molar-refractivity contribution in [3.8, 4) is 0 Å². The quantitative estimate of drug-likeness (QED) is 0.870. The molecule has 2 N–H and O–H groups in total. The first-order valence-corrected chi connectivity index (χ1v) is 6.28. The lowest BCUT2D eigenvalue weighted by Gasteiger charge is -2.40. The number of aliphatic hydroxyl groups is 1. The molecule has 0 atom stereocenters. The predicted molar refractivity (Wildman–Crippen MR) is 66.1 cm³/mol. The highest BCUT2D eigenvalue weighted by Crippen LogP contribution is 2.25. The second-order valence-corrected chi connectivity index (χ2v) is 5.36. The largest absolute Gasteiger partial charge is 0.396 e. The summed E-state index contributed by atoms with van der Waals surface area (Å²) in [5.41, 5.74) is 0.743. The molecule has 0 aliphatic carbocycles. The van der Waals surface area contributed by atoms with E-state index in [1.165, 1.54) is 6.07 Å². The van der Waals surface area contributed by atoms with Gasteiger partial charge in [-0.15, -0.1) is 0 Å². The summed E-state index contributed by atoms with van der Waals surface area (Å²) in [6, 6.07) is 5.06. The fraction of sp³-hybridized carbons (Fsp3) is 0.500. The van der Waals surface area contributed by atoms with Gasteiger partial charge in [0, 0.05) is 13.1 Å². The highest BCUT2D eigenvalue weighted by atomic mass is 79.9. The van der Waals surface area contributed by atoms with E-state index in [4.69, 9.17) is 4.74 Å². The first-order chi connectivity index (χ1) is 8.15. The summed E-state index contributed by atoms with van der Waals surface area (Å²) in [5, 5.41) is 12.4. The fourth-order valence-corrected chi connectivity index (χ4v) is 2.01.